The lowest BCUT2D eigenvalue weighted by molar-refractivity contribution is 0.0678. The predicted molar refractivity (Wildman–Crippen MR) is 166 cm³/mol. The molecule has 3 unspecified atom stereocenters. The molecule has 3 atom stereocenters. The van der Waals surface area contributed by atoms with Crippen molar-refractivity contribution in [2.75, 3.05) is 11.9 Å². The maximum absolute atomic E-state index is 13.4. The Hall–Kier alpha value is -4.44. The molecule has 0 aliphatic carbocycles. The van der Waals surface area contributed by atoms with Crippen LogP contribution in [0.4, 0.5) is 21.1 Å². The number of carbonyl (C=O) groups is 2. The fraction of sp³-hybridized carbons (Fsp3) is 0.394. The van der Waals surface area contributed by atoms with E-state index in [1.807, 2.05) is 62.2 Å². The summed E-state index contributed by atoms with van der Waals surface area (Å²) in [4.78, 5) is 33.3. The van der Waals surface area contributed by atoms with Crippen LogP contribution in [0, 0.1) is 6.92 Å². The number of nitrogens with zero attached hydrogens (tertiary/aromatic N) is 4. The number of anilines is 1. The topological polar surface area (TPSA) is 120 Å². The quantitative estimate of drug-likeness (QED) is 0.219. The largest absolute Gasteiger partial charge is 0.520 e. The van der Waals surface area contributed by atoms with Gasteiger partial charge in [-0.1, -0.05) is 24.3 Å². The molecular weight excluding hydrogens is 544 g/mol. The van der Waals surface area contributed by atoms with Gasteiger partial charge < -0.3 is 20.1 Å². The van der Waals surface area contributed by atoms with E-state index in [4.69, 9.17) is 9.72 Å². The third kappa shape index (κ3) is 5.54. The van der Waals surface area contributed by atoms with Gasteiger partial charge in [-0.05, 0) is 69.0 Å². The molecule has 10 nitrogen and oxygen atoms in total. The summed E-state index contributed by atoms with van der Waals surface area (Å²) < 4.78 is 5.74. The molecule has 2 aliphatic heterocycles. The number of ether oxygens (including phenoxy) is 1. The van der Waals surface area contributed by atoms with Crippen LogP contribution in [-0.4, -0.2) is 61.5 Å². The maximum atomic E-state index is 13.4. The standard InChI is InChI=1S/C33H38N6O4/c1-21-16-22(17-24-19-34-37-30(21)24)12-13-26-18-25(38-20-23-8-5-6-9-27(23)35-31(38)40)14-15-39(26,32(41)42)28-10-7-11-29(36-28)43-33(2,3)4/h5-11,16-17,19,25-26H,12-15,18,20H2,1-4H3,(H2-,34,35,37,40,41,42)/p+1. The number of nitrogens with one attached hydrogen (secondary N) is 2. The Morgan fingerprint density at radius 1 is 1.16 bits per heavy atom. The lowest BCUT2D eigenvalue weighted by atomic mass is 9.88. The average Bonchev–Trinajstić information content (AvgIpc) is 3.44. The van der Waals surface area contributed by atoms with E-state index in [1.165, 1.54) is 0 Å². The number of rotatable bonds is 6. The SMILES string of the molecule is Cc1cc(CCC2CC(N3Cc4ccccc4NC3=O)CC[N+]2(C(=O)O)c2cccc(OC(C)(C)C)n2)cc2cn[nH]c12. The van der Waals surface area contributed by atoms with Crippen molar-refractivity contribution >= 4 is 34.5 Å². The summed E-state index contributed by atoms with van der Waals surface area (Å²) in [6.45, 7) is 8.68. The molecule has 0 spiro atoms. The minimum atomic E-state index is -0.946. The molecule has 1 fully saturated rings. The number of quaternary nitrogens is 1. The van der Waals surface area contributed by atoms with Gasteiger partial charge in [0.05, 0.1) is 18.3 Å². The van der Waals surface area contributed by atoms with Crippen LogP contribution in [0.15, 0.2) is 60.8 Å². The number of pyridine rings is 1. The van der Waals surface area contributed by atoms with Gasteiger partial charge in [-0.3, -0.25) is 5.10 Å². The number of urea groups is 1. The molecule has 0 bridgehead atoms. The third-order valence-corrected chi connectivity index (χ3v) is 8.73. The molecule has 224 valence electrons. The highest BCUT2D eigenvalue weighted by Crippen LogP contribution is 2.39. The second kappa shape index (κ2) is 11.0. The smallest absolute Gasteiger partial charge is 0.472 e. The molecule has 3 N–H and O–H groups in total. The first-order valence-corrected chi connectivity index (χ1v) is 14.9. The number of para-hydroxylation sites is 1. The highest BCUT2D eigenvalue weighted by Gasteiger charge is 2.53. The Bertz CT molecular complexity index is 1680. The number of carbonyl (C=O) groups excluding carboxylic acids is 1. The van der Waals surface area contributed by atoms with E-state index in [0.29, 0.717) is 50.5 Å². The number of likely N-dealkylation sites (tertiary alicyclic amines) is 1. The summed E-state index contributed by atoms with van der Waals surface area (Å²) in [5.41, 5.74) is 4.64. The number of carboxylic acid groups (broad SMARTS) is 1. The Labute approximate surface area is 251 Å². The summed E-state index contributed by atoms with van der Waals surface area (Å²) in [7, 11) is 0. The van der Waals surface area contributed by atoms with E-state index in [-0.39, 0.29) is 22.6 Å². The fourth-order valence-electron chi connectivity index (χ4n) is 6.72. The van der Waals surface area contributed by atoms with Crippen LogP contribution in [0.3, 0.4) is 0 Å². The summed E-state index contributed by atoms with van der Waals surface area (Å²) in [6.07, 6.45) is 3.21. The highest BCUT2D eigenvalue weighted by atomic mass is 16.5. The molecule has 0 saturated carbocycles. The molecule has 10 heteroatoms. The van der Waals surface area contributed by atoms with Crippen LogP contribution in [0.1, 0.15) is 56.7 Å². The zero-order valence-corrected chi connectivity index (χ0v) is 25.1. The zero-order valence-electron chi connectivity index (χ0n) is 25.1. The van der Waals surface area contributed by atoms with Gasteiger partial charge in [-0.15, -0.1) is 0 Å². The minimum absolute atomic E-state index is 0.115. The summed E-state index contributed by atoms with van der Waals surface area (Å²) in [6, 6.07) is 16.9. The molecule has 43 heavy (non-hydrogen) atoms. The first kappa shape index (κ1) is 28.7. The number of benzene rings is 2. The van der Waals surface area contributed by atoms with E-state index in [2.05, 4.69) is 34.6 Å². The van der Waals surface area contributed by atoms with Crippen molar-refractivity contribution in [2.45, 2.75) is 77.6 Å². The van der Waals surface area contributed by atoms with Crippen molar-refractivity contribution < 1.29 is 19.4 Å². The van der Waals surface area contributed by atoms with Crippen LogP contribution in [0.2, 0.25) is 0 Å². The number of amides is 3. The fourth-order valence-corrected chi connectivity index (χ4v) is 6.72. The Kier molecular flexibility index (Phi) is 7.33. The molecule has 1 saturated heterocycles. The van der Waals surface area contributed by atoms with Crippen molar-refractivity contribution in [1.82, 2.24) is 24.6 Å². The van der Waals surface area contributed by atoms with Crippen LogP contribution < -0.4 is 14.5 Å². The van der Waals surface area contributed by atoms with Gasteiger partial charge in [-0.25, -0.2) is 4.79 Å². The highest BCUT2D eigenvalue weighted by molar-refractivity contribution is 5.92. The van der Waals surface area contributed by atoms with Crippen LogP contribution >= 0.6 is 0 Å². The Morgan fingerprint density at radius 2 is 1.98 bits per heavy atom. The van der Waals surface area contributed by atoms with Crippen molar-refractivity contribution in [2.24, 2.45) is 0 Å². The number of H-pyrrole nitrogens is 1. The van der Waals surface area contributed by atoms with Gasteiger partial charge in [0.25, 0.3) is 0 Å². The lowest BCUT2D eigenvalue weighted by Gasteiger charge is -2.47. The second-order valence-corrected chi connectivity index (χ2v) is 12.8. The normalized spacial score (nSPS) is 22.2. The van der Waals surface area contributed by atoms with Crippen molar-refractivity contribution in [3.8, 4) is 5.88 Å². The second-order valence-electron chi connectivity index (χ2n) is 12.8. The molecule has 4 aromatic rings. The number of aromatic nitrogens is 3. The summed E-state index contributed by atoms with van der Waals surface area (Å²) in [5, 5.41) is 22.3. The number of fused-ring (bicyclic) bond motifs is 2. The molecule has 2 aromatic carbocycles. The van der Waals surface area contributed by atoms with Crippen LogP contribution in [-0.2, 0) is 13.0 Å². The van der Waals surface area contributed by atoms with Crippen molar-refractivity contribution in [3.63, 3.8) is 0 Å². The van der Waals surface area contributed by atoms with Gasteiger partial charge in [0.2, 0.25) is 11.7 Å². The molecule has 6 rings (SSSR count). The number of aromatic amines is 1. The van der Waals surface area contributed by atoms with Gasteiger partial charge in [-0.2, -0.15) is 19.4 Å². The first-order chi connectivity index (χ1) is 20.5. The minimum Gasteiger partial charge on any atom is -0.472 e. The molecule has 4 heterocycles. The molecule has 3 amide bonds. The van der Waals surface area contributed by atoms with E-state index < -0.39 is 11.7 Å². The van der Waals surface area contributed by atoms with Crippen LogP contribution in [0.5, 0.6) is 5.88 Å². The summed E-state index contributed by atoms with van der Waals surface area (Å²) in [5.74, 6) is 0.852. The van der Waals surface area contributed by atoms with E-state index in [1.54, 1.807) is 12.1 Å². The van der Waals surface area contributed by atoms with Gasteiger partial charge >= 0.3 is 12.1 Å². The molecule has 0 radical (unpaired) electrons. The summed E-state index contributed by atoms with van der Waals surface area (Å²) >= 11 is 0. The monoisotopic (exact) mass is 583 g/mol. The third-order valence-electron chi connectivity index (χ3n) is 8.73. The Morgan fingerprint density at radius 3 is 2.77 bits per heavy atom. The van der Waals surface area contributed by atoms with E-state index in [9.17, 15) is 14.7 Å². The van der Waals surface area contributed by atoms with Gasteiger partial charge in [0.15, 0.2) is 0 Å². The van der Waals surface area contributed by atoms with Gasteiger partial charge in [0, 0.05) is 55.1 Å². The van der Waals surface area contributed by atoms with E-state index >= 15 is 0 Å². The van der Waals surface area contributed by atoms with Crippen molar-refractivity contribution in [1.29, 1.82) is 0 Å². The Balaban J connectivity index is 1.35. The maximum Gasteiger partial charge on any atom is 0.520 e. The van der Waals surface area contributed by atoms with E-state index in [0.717, 1.165) is 33.3 Å². The van der Waals surface area contributed by atoms with Gasteiger partial charge in [0.1, 0.15) is 11.6 Å². The number of piperidine rings is 1. The average molecular weight is 584 g/mol. The molecular formula is C33H39N6O4+. The number of hydrogen-bond acceptors (Lipinski definition) is 5. The molecule has 2 aliphatic rings. The first-order valence-electron chi connectivity index (χ1n) is 14.9. The molecule has 2 aromatic heterocycles. The number of aryl methyl sites for hydroxylation is 2. The number of hydrogen-bond donors (Lipinski definition) is 3. The van der Waals surface area contributed by atoms with Crippen molar-refractivity contribution in [3.05, 3.63) is 77.5 Å². The zero-order chi connectivity index (χ0) is 30.4. The predicted octanol–water partition coefficient (Wildman–Crippen LogP) is 6.64. The lowest BCUT2D eigenvalue weighted by Crippen LogP contribution is -2.67. The van der Waals surface area contributed by atoms with Crippen LogP contribution in [0.25, 0.3) is 10.9 Å².